The van der Waals surface area contributed by atoms with Crippen LogP contribution in [-0.4, -0.2) is 25.7 Å². The molecule has 0 saturated carbocycles. The Balaban J connectivity index is 1.55. The lowest BCUT2D eigenvalue weighted by Gasteiger charge is -2.14. The fourth-order valence-electron chi connectivity index (χ4n) is 3.17. The van der Waals surface area contributed by atoms with E-state index in [1.165, 1.54) is 30.5 Å². The third-order valence-electron chi connectivity index (χ3n) is 4.67. The topological polar surface area (TPSA) is 95.6 Å². The minimum Gasteiger partial charge on any atom is -0.344 e. The van der Waals surface area contributed by atoms with E-state index in [4.69, 9.17) is 0 Å². The molecule has 2 aromatic heterocycles. The first-order valence-corrected chi connectivity index (χ1v) is 8.97. The van der Waals surface area contributed by atoms with Crippen molar-refractivity contribution < 1.29 is 18.0 Å². The molecule has 154 valence electrons. The maximum atomic E-state index is 13.2. The van der Waals surface area contributed by atoms with Gasteiger partial charge in [-0.25, -0.2) is 9.48 Å². The molecule has 0 fully saturated rings. The number of alkyl halides is 3. The van der Waals surface area contributed by atoms with Crippen LogP contribution < -0.4 is 11.0 Å². The van der Waals surface area contributed by atoms with Crippen LogP contribution in [0.3, 0.4) is 0 Å². The fourth-order valence-corrected chi connectivity index (χ4v) is 3.17. The number of imidazole rings is 1. The summed E-state index contributed by atoms with van der Waals surface area (Å²) in [6, 6.07) is 11.1. The van der Waals surface area contributed by atoms with Crippen LogP contribution in [-0.2, 0) is 6.18 Å². The van der Waals surface area contributed by atoms with Gasteiger partial charge in [0.1, 0.15) is 0 Å². The zero-order chi connectivity index (χ0) is 21.5. The molecule has 1 amide bonds. The van der Waals surface area contributed by atoms with Gasteiger partial charge in [-0.15, -0.1) is 0 Å². The van der Waals surface area contributed by atoms with E-state index in [1.807, 2.05) is 0 Å². The third-order valence-corrected chi connectivity index (χ3v) is 4.67. The van der Waals surface area contributed by atoms with Crippen molar-refractivity contribution in [2.45, 2.75) is 19.1 Å². The second-order valence-corrected chi connectivity index (χ2v) is 6.74. The van der Waals surface area contributed by atoms with Crippen LogP contribution >= 0.6 is 0 Å². The highest BCUT2D eigenvalue weighted by Gasteiger charge is 2.34. The highest BCUT2D eigenvalue weighted by Crippen LogP contribution is 2.33. The van der Waals surface area contributed by atoms with Gasteiger partial charge in [0.2, 0.25) is 0 Å². The Morgan fingerprint density at radius 1 is 1.10 bits per heavy atom. The van der Waals surface area contributed by atoms with Crippen LogP contribution in [0.4, 0.5) is 13.2 Å². The average Bonchev–Trinajstić information content (AvgIpc) is 3.32. The van der Waals surface area contributed by atoms with Crippen LogP contribution in [0.5, 0.6) is 0 Å². The smallest absolute Gasteiger partial charge is 0.344 e. The highest BCUT2D eigenvalue weighted by molar-refractivity contribution is 5.92. The summed E-state index contributed by atoms with van der Waals surface area (Å²) in [6.07, 6.45) is -3.24. The molecular weight excluding hydrogens is 399 g/mol. The largest absolute Gasteiger partial charge is 0.418 e. The quantitative estimate of drug-likeness (QED) is 0.476. The van der Waals surface area contributed by atoms with Gasteiger partial charge in [-0.2, -0.15) is 18.3 Å². The lowest BCUT2D eigenvalue weighted by atomic mass is 10.1. The number of rotatable bonds is 4. The minimum atomic E-state index is -4.54. The molecule has 30 heavy (non-hydrogen) atoms. The van der Waals surface area contributed by atoms with Crippen molar-refractivity contribution in [1.82, 2.24) is 25.1 Å². The molecule has 0 spiro atoms. The van der Waals surface area contributed by atoms with Gasteiger partial charge in [-0.05, 0) is 42.8 Å². The van der Waals surface area contributed by atoms with E-state index >= 15 is 0 Å². The summed E-state index contributed by atoms with van der Waals surface area (Å²) < 4.78 is 40.7. The lowest BCUT2D eigenvalue weighted by Crippen LogP contribution is -2.27. The van der Waals surface area contributed by atoms with Crippen molar-refractivity contribution in [3.05, 3.63) is 82.0 Å². The van der Waals surface area contributed by atoms with Crippen molar-refractivity contribution in [1.29, 1.82) is 0 Å². The SMILES string of the molecule is CC(NC(=O)c1ccn(-c2ccccc2C(F)(F)F)n1)c1ccc2[nH]c(=O)[nH]c2c1. The van der Waals surface area contributed by atoms with Gasteiger partial charge in [-0.1, -0.05) is 18.2 Å². The van der Waals surface area contributed by atoms with Crippen molar-refractivity contribution in [3.63, 3.8) is 0 Å². The predicted octanol–water partition coefficient (Wildman–Crippen LogP) is 3.55. The number of hydrogen-bond donors (Lipinski definition) is 3. The normalized spacial score (nSPS) is 12.8. The summed E-state index contributed by atoms with van der Waals surface area (Å²) in [5.41, 5.74) is 0.628. The Kier molecular flexibility index (Phi) is 4.69. The zero-order valence-electron chi connectivity index (χ0n) is 15.6. The highest BCUT2D eigenvalue weighted by atomic mass is 19.4. The average molecular weight is 415 g/mol. The molecule has 0 radical (unpaired) electrons. The number of nitrogens with one attached hydrogen (secondary N) is 3. The molecule has 7 nitrogen and oxygen atoms in total. The van der Waals surface area contributed by atoms with Crippen molar-refractivity contribution in [2.24, 2.45) is 0 Å². The fraction of sp³-hybridized carbons (Fsp3) is 0.150. The molecular formula is C20H16F3N5O2. The van der Waals surface area contributed by atoms with Crippen molar-refractivity contribution in [2.75, 3.05) is 0 Å². The van der Waals surface area contributed by atoms with E-state index in [0.717, 1.165) is 16.3 Å². The van der Waals surface area contributed by atoms with Gasteiger partial charge in [0.05, 0.1) is 28.3 Å². The van der Waals surface area contributed by atoms with Gasteiger partial charge in [0, 0.05) is 6.20 Å². The number of halogens is 3. The number of fused-ring (bicyclic) bond motifs is 1. The molecule has 3 N–H and O–H groups in total. The number of carbonyl (C=O) groups excluding carboxylic acids is 1. The second kappa shape index (κ2) is 7.21. The summed E-state index contributed by atoms with van der Waals surface area (Å²) in [5, 5.41) is 6.76. The molecule has 4 aromatic rings. The Bertz CT molecular complexity index is 1290. The summed E-state index contributed by atoms with van der Waals surface area (Å²) in [6.45, 7) is 1.75. The molecule has 0 aliphatic rings. The van der Waals surface area contributed by atoms with E-state index in [0.29, 0.717) is 11.0 Å². The lowest BCUT2D eigenvalue weighted by molar-refractivity contribution is -0.137. The van der Waals surface area contributed by atoms with Gasteiger partial charge in [0.15, 0.2) is 5.69 Å². The van der Waals surface area contributed by atoms with Gasteiger partial charge in [-0.3, -0.25) is 4.79 Å². The molecule has 0 bridgehead atoms. The first-order chi connectivity index (χ1) is 14.2. The molecule has 0 saturated heterocycles. The maximum Gasteiger partial charge on any atom is 0.418 e. The Labute approximate surface area is 167 Å². The van der Waals surface area contributed by atoms with E-state index in [2.05, 4.69) is 20.4 Å². The molecule has 0 aliphatic heterocycles. The van der Waals surface area contributed by atoms with Gasteiger partial charge in [0.25, 0.3) is 5.91 Å². The zero-order valence-corrected chi connectivity index (χ0v) is 15.6. The van der Waals surface area contributed by atoms with Gasteiger partial charge >= 0.3 is 11.9 Å². The maximum absolute atomic E-state index is 13.2. The number of carbonyl (C=O) groups is 1. The summed E-state index contributed by atoms with van der Waals surface area (Å²) >= 11 is 0. The second-order valence-electron chi connectivity index (χ2n) is 6.74. The summed E-state index contributed by atoms with van der Waals surface area (Å²) in [5.74, 6) is -0.534. The van der Waals surface area contributed by atoms with E-state index in [1.54, 1.807) is 25.1 Å². The molecule has 10 heteroatoms. The van der Waals surface area contributed by atoms with E-state index in [9.17, 15) is 22.8 Å². The molecule has 4 rings (SSSR count). The predicted molar refractivity (Wildman–Crippen MR) is 103 cm³/mol. The van der Waals surface area contributed by atoms with Gasteiger partial charge < -0.3 is 15.3 Å². The van der Waals surface area contributed by atoms with E-state index < -0.39 is 23.7 Å². The number of para-hydroxylation sites is 1. The van der Waals surface area contributed by atoms with Crippen LogP contribution in [0.2, 0.25) is 0 Å². The van der Waals surface area contributed by atoms with Crippen molar-refractivity contribution >= 4 is 16.9 Å². The molecule has 2 aromatic carbocycles. The van der Waals surface area contributed by atoms with Crippen LogP contribution in [0.25, 0.3) is 16.7 Å². The van der Waals surface area contributed by atoms with Crippen LogP contribution in [0.15, 0.2) is 59.5 Å². The standard InChI is InChI=1S/C20H16F3N5O2/c1-11(12-6-7-14-16(10-12)26-19(30)25-14)24-18(29)15-8-9-28(27-15)17-5-3-2-4-13(17)20(21,22)23/h2-11H,1H3,(H,24,29)(H2,25,26,30). The number of hydrogen-bond acceptors (Lipinski definition) is 3. The number of aromatic amines is 2. The molecule has 0 aliphatic carbocycles. The van der Waals surface area contributed by atoms with Crippen LogP contribution in [0.1, 0.15) is 34.6 Å². The van der Waals surface area contributed by atoms with E-state index in [-0.39, 0.29) is 17.1 Å². The first kappa shape index (κ1) is 19.5. The molecule has 2 heterocycles. The Morgan fingerprint density at radius 3 is 2.60 bits per heavy atom. The Hall–Kier alpha value is -3.82. The number of benzene rings is 2. The summed E-state index contributed by atoms with van der Waals surface area (Å²) in [4.78, 5) is 29.2. The summed E-state index contributed by atoms with van der Waals surface area (Å²) in [7, 11) is 0. The number of H-pyrrole nitrogens is 2. The number of nitrogens with zero attached hydrogens (tertiary/aromatic N) is 2. The molecule has 1 atom stereocenters. The third kappa shape index (κ3) is 3.71. The Morgan fingerprint density at radius 2 is 1.83 bits per heavy atom. The van der Waals surface area contributed by atoms with Crippen molar-refractivity contribution in [3.8, 4) is 5.69 Å². The molecule has 1 unspecified atom stereocenters. The first-order valence-electron chi connectivity index (χ1n) is 8.97. The van der Waals surface area contributed by atoms with Crippen LogP contribution in [0, 0.1) is 0 Å². The number of aromatic nitrogens is 4. The monoisotopic (exact) mass is 415 g/mol. The minimum absolute atomic E-state index is 0.0186. The number of amides is 1.